The van der Waals surface area contributed by atoms with E-state index in [1.165, 1.54) is 25.7 Å². The van der Waals surface area contributed by atoms with Gasteiger partial charge in [0, 0.05) is 23.0 Å². The van der Waals surface area contributed by atoms with Crippen molar-refractivity contribution in [2.75, 3.05) is 11.1 Å². The molecule has 0 saturated carbocycles. The Hall–Kier alpha value is -0.0900. The average molecular weight is 331 g/mol. The molecule has 0 aliphatic carbocycles. The predicted molar refractivity (Wildman–Crippen MR) is 83.5 cm³/mol. The van der Waals surface area contributed by atoms with Crippen molar-refractivity contribution < 1.29 is 0 Å². The van der Waals surface area contributed by atoms with Crippen LogP contribution in [-0.4, -0.2) is 21.1 Å². The number of halogens is 1. The van der Waals surface area contributed by atoms with Gasteiger partial charge in [-0.05, 0) is 31.2 Å². The van der Waals surface area contributed by atoms with Gasteiger partial charge in [0.1, 0.15) is 0 Å². The lowest BCUT2D eigenvalue weighted by molar-refractivity contribution is 0.320. The van der Waals surface area contributed by atoms with Crippen LogP contribution in [0.4, 0.5) is 0 Å². The van der Waals surface area contributed by atoms with Crippen LogP contribution in [0.5, 0.6) is 0 Å². The largest absolute Gasteiger partial charge is 0.231 e. The Morgan fingerprint density at radius 1 is 1.28 bits per heavy atom. The number of thioether (sulfide) groups is 1. The molecule has 0 radical (unpaired) electrons. The number of aromatic nitrogens is 2. The van der Waals surface area contributed by atoms with E-state index in [0.717, 1.165) is 21.9 Å². The molecule has 102 valence electrons. The van der Waals surface area contributed by atoms with Gasteiger partial charge in [0.15, 0.2) is 5.16 Å². The molecule has 0 aliphatic heterocycles. The fourth-order valence-corrected chi connectivity index (χ4v) is 4.41. The molecule has 0 N–H and O–H groups in total. The van der Waals surface area contributed by atoms with E-state index in [1.807, 2.05) is 19.2 Å². The fourth-order valence-electron chi connectivity index (χ4n) is 2.22. The second kappa shape index (κ2) is 8.16. The first kappa shape index (κ1) is 16.0. The zero-order valence-electron chi connectivity index (χ0n) is 11.6. The molecule has 0 spiro atoms. The van der Waals surface area contributed by atoms with Crippen LogP contribution in [0.25, 0.3) is 0 Å². The molecule has 1 aromatic rings. The summed E-state index contributed by atoms with van der Waals surface area (Å²) in [4.78, 5) is 8.80. The van der Waals surface area contributed by atoms with E-state index >= 15 is 0 Å². The number of hydrogen-bond acceptors (Lipinski definition) is 3. The Kier molecular flexibility index (Phi) is 7.23. The Balaban J connectivity index is 2.66. The van der Waals surface area contributed by atoms with Gasteiger partial charge in [0.25, 0.3) is 0 Å². The summed E-state index contributed by atoms with van der Waals surface area (Å²) in [5.74, 6) is 1.10. The number of rotatable bonds is 8. The summed E-state index contributed by atoms with van der Waals surface area (Å²) in [6.45, 7) is 6.55. The smallest absolute Gasteiger partial charge is 0.187 e. The van der Waals surface area contributed by atoms with Crippen molar-refractivity contribution in [3.8, 4) is 0 Å². The van der Waals surface area contributed by atoms with Crippen molar-refractivity contribution in [3.63, 3.8) is 0 Å². The van der Waals surface area contributed by atoms with Gasteiger partial charge >= 0.3 is 0 Å². The summed E-state index contributed by atoms with van der Waals surface area (Å²) < 4.78 is 0. The van der Waals surface area contributed by atoms with Gasteiger partial charge in [-0.3, -0.25) is 0 Å². The monoisotopic (exact) mass is 330 g/mol. The normalized spacial score (nSPS) is 11.8. The Morgan fingerprint density at radius 3 is 2.44 bits per heavy atom. The van der Waals surface area contributed by atoms with E-state index in [-0.39, 0.29) is 0 Å². The molecule has 0 bridgehead atoms. The summed E-state index contributed by atoms with van der Waals surface area (Å²) in [6.07, 6.45) is 6.86. The van der Waals surface area contributed by atoms with Gasteiger partial charge < -0.3 is 0 Å². The number of alkyl halides is 1. The van der Waals surface area contributed by atoms with Crippen LogP contribution < -0.4 is 0 Å². The van der Waals surface area contributed by atoms with Gasteiger partial charge in [0.2, 0.25) is 0 Å². The number of hydrogen-bond donors (Lipinski definition) is 0. The Labute approximate surface area is 124 Å². The van der Waals surface area contributed by atoms with Gasteiger partial charge in [-0.2, -0.15) is 0 Å². The molecule has 0 unspecified atom stereocenters. The first-order chi connectivity index (χ1) is 8.65. The topological polar surface area (TPSA) is 25.8 Å². The highest BCUT2D eigenvalue weighted by Gasteiger charge is 2.27. The summed E-state index contributed by atoms with van der Waals surface area (Å²) in [5.41, 5.74) is 1.43. The van der Waals surface area contributed by atoms with Crippen LogP contribution in [0.1, 0.15) is 45.2 Å². The Morgan fingerprint density at radius 2 is 1.94 bits per heavy atom. The molecule has 1 aromatic heterocycles. The minimum Gasteiger partial charge on any atom is -0.231 e. The van der Waals surface area contributed by atoms with Gasteiger partial charge in [0.05, 0.1) is 0 Å². The van der Waals surface area contributed by atoms with Crippen LogP contribution in [0.2, 0.25) is 0 Å². The minimum atomic E-state index is 0.390. The molecule has 4 heteroatoms. The zero-order chi connectivity index (χ0) is 13.4. The van der Waals surface area contributed by atoms with E-state index in [9.17, 15) is 0 Å². The molecule has 0 atom stereocenters. The van der Waals surface area contributed by atoms with E-state index in [4.69, 9.17) is 0 Å². The zero-order valence-corrected chi connectivity index (χ0v) is 14.0. The highest BCUT2D eigenvalue weighted by atomic mass is 79.9. The second-order valence-corrected chi connectivity index (χ2v) is 6.41. The van der Waals surface area contributed by atoms with Crippen molar-refractivity contribution in [1.82, 2.24) is 9.97 Å². The molecule has 0 saturated heterocycles. The molecular formula is C14H23BrN2S. The summed E-state index contributed by atoms with van der Waals surface area (Å²) in [7, 11) is 0. The van der Waals surface area contributed by atoms with Crippen LogP contribution >= 0.6 is 27.7 Å². The maximum atomic E-state index is 4.47. The molecule has 1 heterocycles. The van der Waals surface area contributed by atoms with Crippen molar-refractivity contribution in [1.29, 1.82) is 0 Å². The molecular weight excluding hydrogens is 308 g/mol. The first-order valence-corrected chi connectivity index (χ1v) is 8.75. The SMILES string of the molecule is CCCC(CBr)(CCC)CSc1nccc(C)n1. The Bertz CT molecular complexity index is 351. The van der Waals surface area contributed by atoms with Crippen molar-refractivity contribution in [2.24, 2.45) is 5.41 Å². The third-order valence-corrected chi connectivity index (χ3v) is 5.53. The van der Waals surface area contributed by atoms with E-state index in [2.05, 4.69) is 39.7 Å². The lowest BCUT2D eigenvalue weighted by Crippen LogP contribution is -2.25. The molecule has 0 fully saturated rings. The third-order valence-electron chi connectivity index (χ3n) is 3.12. The number of nitrogens with zero attached hydrogens (tertiary/aromatic N) is 2. The van der Waals surface area contributed by atoms with E-state index < -0.39 is 0 Å². The van der Waals surface area contributed by atoms with Crippen LogP contribution in [-0.2, 0) is 0 Å². The highest BCUT2D eigenvalue weighted by Crippen LogP contribution is 2.37. The fraction of sp³-hybridized carbons (Fsp3) is 0.714. The van der Waals surface area contributed by atoms with Gasteiger partial charge in [-0.25, -0.2) is 9.97 Å². The molecule has 0 amide bonds. The summed E-state index contributed by atoms with van der Waals surface area (Å²) in [6, 6.07) is 1.94. The molecule has 1 rings (SSSR count). The maximum absolute atomic E-state index is 4.47. The quantitative estimate of drug-likeness (QED) is 0.386. The average Bonchev–Trinajstić information content (AvgIpc) is 2.37. The lowest BCUT2D eigenvalue weighted by atomic mass is 9.83. The lowest BCUT2D eigenvalue weighted by Gasteiger charge is -2.31. The van der Waals surface area contributed by atoms with Crippen LogP contribution in [0.3, 0.4) is 0 Å². The molecule has 18 heavy (non-hydrogen) atoms. The maximum Gasteiger partial charge on any atom is 0.187 e. The van der Waals surface area contributed by atoms with E-state index in [1.54, 1.807) is 11.8 Å². The molecule has 0 aromatic carbocycles. The van der Waals surface area contributed by atoms with Gasteiger partial charge in [-0.15, -0.1) is 0 Å². The van der Waals surface area contributed by atoms with Crippen molar-refractivity contribution >= 4 is 27.7 Å². The predicted octanol–water partition coefficient (Wildman–Crippen LogP) is 4.86. The van der Waals surface area contributed by atoms with Crippen LogP contribution in [0, 0.1) is 12.3 Å². The van der Waals surface area contributed by atoms with Crippen LogP contribution in [0.15, 0.2) is 17.4 Å². The number of aryl methyl sites for hydroxylation is 1. The van der Waals surface area contributed by atoms with Crippen molar-refractivity contribution in [2.45, 2.75) is 51.6 Å². The van der Waals surface area contributed by atoms with Crippen molar-refractivity contribution in [3.05, 3.63) is 18.0 Å². The standard InChI is InChI=1S/C14H23BrN2S/c1-4-7-14(10-15,8-5-2)11-18-13-16-9-6-12(3)17-13/h6,9H,4-5,7-8,10-11H2,1-3H3. The summed E-state index contributed by atoms with van der Waals surface area (Å²) in [5, 5.41) is 1.98. The second-order valence-electron chi connectivity index (χ2n) is 4.90. The summed E-state index contributed by atoms with van der Waals surface area (Å²) >= 11 is 5.50. The first-order valence-electron chi connectivity index (χ1n) is 6.64. The molecule has 2 nitrogen and oxygen atoms in total. The molecule has 0 aliphatic rings. The third kappa shape index (κ3) is 4.88. The highest BCUT2D eigenvalue weighted by molar-refractivity contribution is 9.09. The van der Waals surface area contributed by atoms with E-state index in [0.29, 0.717) is 5.41 Å². The minimum absolute atomic E-state index is 0.390. The van der Waals surface area contributed by atoms with Gasteiger partial charge in [-0.1, -0.05) is 54.4 Å².